The molecule has 2 aliphatic rings. The van der Waals surface area contributed by atoms with Gasteiger partial charge in [-0.1, -0.05) is 54.1 Å². The lowest BCUT2D eigenvalue weighted by Crippen LogP contribution is -2.57. The van der Waals surface area contributed by atoms with E-state index in [1.54, 1.807) is 18.9 Å². The van der Waals surface area contributed by atoms with E-state index in [-0.39, 0.29) is 23.6 Å². The first-order chi connectivity index (χ1) is 17.0. The fraction of sp³-hybridized carbons (Fsp3) is 0.560. The average molecular weight is 499 g/mol. The standard InChI is InChI=1S/C25H34N6O3S/c1-16(26-2)22(32)27-21(18-12-7-4-8-13-18)25(34)31-15-9-14-19(31)23(33)28-24-20(29-30-35-24)17-10-5-3-6-11-17/h3,5-6,10-11,16,18-19,21,26H,4,7-9,12-15H2,1-2H3,(H,27,32)(H,28,33)/t16-,19?,21-/m0/s1. The van der Waals surface area contributed by atoms with Crippen LogP contribution in [0.3, 0.4) is 0 Å². The molecular formula is C25H34N6O3S. The van der Waals surface area contributed by atoms with Crippen molar-refractivity contribution in [1.29, 1.82) is 0 Å². The normalized spacial score (nSPS) is 20.3. The minimum atomic E-state index is -0.614. The van der Waals surface area contributed by atoms with Gasteiger partial charge >= 0.3 is 0 Å². The zero-order valence-corrected chi connectivity index (χ0v) is 21.1. The summed E-state index contributed by atoms with van der Waals surface area (Å²) in [5, 5.41) is 13.7. The molecule has 2 aromatic rings. The summed E-state index contributed by atoms with van der Waals surface area (Å²) in [6.07, 6.45) is 6.40. The summed E-state index contributed by atoms with van der Waals surface area (Å²) in [6.45, 7) is 2.28. The van der Waals surface area contributed by atoms with Gasteiger partial charge in [-0.25, -0.2) is 0 Å². The molecule has 9 nitrogen and oxygen atoms in total. The highest BCUT2D eigenvalue weighted by atomic mass is 32.1. The van der Waals surface area contributed by atoms with Gasteiger partial charge < -0.3 is 20.9 Å². The quantitative estimate of drug-likeness (QED) is 0.515. The topological polar surface area (TPSA) is 116 Å². The van der Waals surface area contributed by atoms with Crippen molar-refractivity contribution < 1.29 is 14.4 Å². The van der Waals surface area contributed by atoms with Crippen LogP contribution >= 0.6 is 11.5 Å². The van der Waals surface area contributed by atoms with Crippen LogP contribution < -0.4 is 16.0 Å². The lowest BCUT2D eigenvalue weighted by atomic mass is 9.83. The van der Waals surface area contributed by atoms with Crippen LogP contribution in [-0.4, -0.2) is 63.9 Å². The number of hydrogen-bond acceptors (Lipinski definition) is 7. The number of likely N-dealkylation sites (N-methyl/N-ethyl adjacent to an activating group) is 1. The van der Waals surface area contributed by atoms with Crippen molar-refractivity contribution in [2.75, 3.05) is 18.9 Å². The Morgan fingerprint density at radius 2 is 1.80 bits per heavy atom. The van der Waals surface area contributed by atoms with E-state index in [0.717, 1.165) is 55.6 Å². The SMILES string of the molecule is CN[C@@H](C)C(=O)N[C@H](C(=O)N1CCCC1C(=O)Nc1snnc1-c1ccccc1)C1CCCCC1. The van der Waals surface area contributed by atoms with Crippen molar-refractivity contribution in [2.45, 2.75) is 70.0 Å². The van der Waals surface area contributed by atoms with E-state index in [4.69, 9.17) is 0 Å². The van der Waals surface area contributed by atoms with Gasteiger partial charge in [0.25, 0.3) is 0 Å². The summed E-state index contributed by atoms with van der Waals surface area (Å²) in [5.74, 6) is -0.503. The van der Waals surface area contributed by atoms with Crippen LogP contribution in [0.15, 0.2) is 30.3 Å². The Morgan fingerprint density at radius 3 is 2.51 bits per heavy atom. The van der Waals surface area contributed by atoms with Crippen LogP contribution in [0.1, 0.15) is 51.9 Å². The number of rotatable bonds is 8. The number of hydrogen-bond donors (Lipinski definition) is 3. The Hall–Kier alpha value is -2.85. The van der Waals surface area contributed by atoms with Gasteiger partial charge in [-0.15, -0.1) is 5.10 Å². The molecule has 1 saturated carbocycles. The second kappa shape index (κ2) is 11.7. The molecule has 3 N–H and O–H groups in total. The number of nitrogens with zero attached hydrogens (tertiary/aromatic N) is 3. The van der Waals surface area contributed by atoms with Gasteiger partial charge in [0, 0.05) is 23.6 Å². The maximum Gasteiger partial charge on any atom is 0.247 e. The highest BCUT2D eigenvalue weighted by Crippen LogP contribution is 2.31. The molecule has 0 radical (unpaired) electrons. The summed E-state index contributed by atoms with van der Waals surface area (Å²) >= 11 is 1.12. The van der Waals surface area contributed by atoms with Crippen molar-refractivity contribution >= 4 is 34.3 Å². The largest absolute Gasteiger partial charge is 0.343 e. The van der Waals surface area contributed by atoms with Gasteiger partial charge in [-0.2, -0.15) is 0 Å². The third-order valence-electron chi connectivity index (χ3n) is 7.12. The van der Waals surface area contributed by atoms with Crippen molar-refractivity contribution in [1.82, 2.24) is 25.1 Å². The summed E-state index contributed by atoms with van der Waals surface area (Å²) in [4.78, 5) is 41.5. The van der Waals surface area contributed by atoms with Gasteiger partial charge in [-0.3, -0.25) is 14.4 Å². The summed E-state index contributed by atoms with van der Waals surface area (Å²) in [5.41, 5.74) is 1.49. The molecule has 188 valence electrons. The van der Waals surface area contributed by atoms with E-state index in [9.17, 15) is 14.4 Å². The minimum absolute atomic E-state index is 0.0870. The fourth-order valence-corrected chi connectivity index (χ4v) is 5.59. The van der Waals surface area contributed by atoms with Gasteiger partial charge in [0.2, 0.25) is 17.7 Å². The number of likely N-dealkylation sites (tertiary alicyclic amines) is 1. The molecule has 4 rings (SSSR count). The van der Waals surface area contributed by atoms with E-state index in [2.05, 4.69) is 25.5 Å². The summed E-state index contributed by atoms with van der Waals surface area (Å²) < 4.78 is 4.02. The predicted octanol–water partition coefficient (Wildman–Crippen LogP) is 2.81. The molecular weight excluding hydrogens is 464 g/mol. The van der Waals surface area contributed by atoms with E-state index in [1.165, 1.54) is 0 Å². The number of aromatic nitrogens is 2. The fourth-order valence-electron chi connectivity index (χ4n) is 4.99. The maximum atomic E-state index is 13.8. The van der Waals surface area contributed by atoms with Gasteiger partial charge in [0.15, 0.2) is 0 Å². The molecule has 1 aliphatic heterocycles. The predicted molar refractivity (Wildman–Crippen MR) is 136 cm³/mol. The molecule has 0 spiro atoms. The third kappa shape index (κ3) is 5.87. The molecule has 1 saturated heterocycles. The van der Waals surface area contributed by atoms with E-state index in [1.807, 2.05) is 30.3 Å². The molecule has 0 bridgehead atoms. The summed E-state index contributed by atoms with van der Waals surface area (Å²) in [7, 11) is 1.72. The first kappa shape index (κ1) is 25.2. The minimum Gasteiger partial charge on any atom is -0.343 e. The van der Waals surface area contributed by atoms with Crippen LogP contribution in [0, 0.1) is 5.92 Å². The van der Waals surface area contributed by atoms with Gasteiger partial charge in [0.1, 0.15) is 22.8 Å². The van der Waals surface area contributed by atoms with Crippen molar-refractivity contribution in [3.05, 3.63) is 30.3 Å². The Bertz CT molecular complexity index is 1020. The van der Waals surface area contributed by atoms with Crippen LogP contribution in [0.25, 0.3) is 11.3 Å². The molecule has 1 aromatic heterocycles. The second-order valence-corrected chi connectivity index (χ2v) is 10.1. The van der Waals surface area contributed by atoms with E-state index >= 15 is 0 Å². The molecule has 3 amide bonds. The molecule has 2 fully saturated rings. The van der Waals surface area contributed by atoms with Crippen molar-refractivity contribution in [2.24, 2.45) is 5.92 Å². The van der Waals surface area contributed by atoms with Gasteiger partial charge in [-0.05, 0) is 45.6 Å². The van der Waals surface area contributed by atoms with Crippen LogP contribution in [0.5, 0.6) is 0 Å². The molecule has 35 heavy (non-hydrogen) atoms. The number of anilines is 1. The third-order valence-corrected chi connectivity index (χ3v) is 7.76. The van der Waals surface area contributed by atoms with Crippen molar-refractivity contribution in [3.63, 3.8) is 0 Å². The monoisotopic (exact) mass is 498 g/mol. The highest BCUT2D eigenvalue weighted by molar-refractivity contribution is 7.10. The van der Waals surface area contributed by atoms with Crippen LogP contribution in [-0.2, 0) is 14.4 Å². The van der Waals surface area contributed by atoms with E-state index in [0.29, 0.717) is 23.7 Å². The zero-order valence-electron chi connectivity index (χ0n) is 20.3. The molecule has 2 heterocycles. The lowest BCUT2D eigenvalue weighted by Gasteiger charge is -2.35. The van der Waals surface area contributed by atoms with Crippen molar-refractivity contribution in [3.8, 4) is 11.3 Å². The maximum absolute atomic E-state index is 13.8. The molecule has 10 heteroatoms. The average Bonchev–Trinajstić information content (AvgIpc) is 3.57. The first-order valence-electron chi connectivity index (χ1n) is 12.5. The number of carbonyl (C=O) groups is 3. The number of carbonyl (C=O) groups excluding carboxylic acids is 3. The number of amides is 3. The molecule has 1 aliphatic carbocycles. The first-order valence-corrected chi connectivity index (χ1v) is 13.2. The molecule has 1 unspecified atom stereocenters. The summed E-state index contributed by atoms with van der Waals surface area (Å²) in [6, 6.07) is 7.97. The molecule has 3 atom stereocenters. The molecule has 1 aromatic carbocycles. The second-order valence-electron chi connectivity index (χ2n) is 9.39. The Balaban J connectivity index is 1.50. The smallest absolute Gasteiger partial charge is 0.247 e. The highest BCUT2D eigenvalue weighted by Gasteiger charge is 2.41. The number of benzene rings is 1. The Labute approximate surface area is 210 Å². The lowest BCUT2D eigenvalue weighted by molar-refractivity contribution is -0.142. The zero-order chi connectivity index (χ0) is 24.8. The van der Waals surface area contributed by atoms with Crippen LogP contribution in [0.4, 0.5) is 5.00 Å². The Kier molecular flexibility index (Phi) is 8.46. The van der Waals surface area contributed by atoms with E-state index < -0.39 is 18.1 Å². The Morgan fingerprint density at radius 1 is 1.06 bits per heavy atom. The van der Waals surface area contributed by atoms with Crippen LogP contribution in [0.2, 0.25) is 0 Å². The number of nitrogens with one attached hydrogen (secondary N) is 3. The van der Waals surface area contributed by atoms with Gasteiger partial charge in [0.05, 0.1) is 6.04 Å².